The molecule has 0 aromatic heterocycles. The molecule has 66 valence electrons. The summed E-state index contributed by atoms with van der Waals surface area (Å²) in [5.41, 5.74) is -0.808. The summed E-state index contributed by atoms with van der Waals surface area (Å²) in [6.45, 7) is -5.03. The lowest BCUT2D eigenvalue weighted by molar-refractivity contribution is 0.475. The molecule has 0 unspecified atom stereocenters. The molecule has 0 heterocycles. The van der Waals surface area contributed by atoms with Crippen molar-refractivity contribution in [2.24, 2.45) is 0 Å². The molecule has 0 amide bonds. The summed E-state index contributed by atoms with van der Waals surface area (Å²) in [6.07, 6.45) is 0. The van der Waals surface area contributed by atoms with E-state index in [-0.39, 0.29) is 10.8 Å². The zero-order valence-corrected chi connectivity index (χ0v) is 6.52. The largest absolute Gasteiger partial charge is 0.509 e. The van der Waals surface area contributed by atoms with Crippen LogP contribution in [0.1, 0.15) is 0 Å². The summed E-state index contributed by atoms with van der Waals surface area (Å²) < 4.78 is 36.1. The van der Waals surface area contributed by atoms with Gasteiger partial charge in [-0.05, 0) is 6.07 Å². The number of hydrogen-bond acceptors (Lipinski definition) is 1. The first-order valence-electron chi connectivity index (χ1n) is 3.09. The smallest absolute Gasteiger partial charge is 0.506 e. The van der Waals surface area contributed by atoms with Gasteiger partial charge in [-0.25, -0.2) is 0 Å². The zero-order valence-electron chi connectivity index (χ0n) is 5.77. The number of hydrogen-bond donors (Lipinski definition) is 1. The third-order valence-electron chi connectivity index (χ3n) is 1.35. The lowest BCUT2D eigenvalue weighted by atomic mass is 9.80. The van der Waals surface area contributed by atoms with E-state index >= 15 is 0 Å². The van der Waals surface area contributed by atoms with E-state index in [4.69, 9.17) is 16.7 Å². The number of phenolic OH excluding ortho intramolecular Hbond substituents is 1. The molecule has 1 aromatic rings. The molecule has 0 saturated carbocycles. The Hall–Kier alpha value is -0.835. The SMILES string of the molecule is Oc1ccc([B-](F)(F)F)cc1Cl. The number of benzene rings is 1. The van der Waals surface area contributed by atoms with Gasteiger partial charge in [0.1, 0.15) is 5.75 Å². The van der Waals surface area contributed by atoms with Gasteiger partial charge >= 0.3 is 6.98 Å². The van der Waals surface area contributed by atoms with Crippen LogP contribution in [0, 0.1) is 0 Å². The fourth-order valence-electron chi connectivity index (χ4n) is 0.727. The van der Waals surface area contributed by atoms with E-state index < -0.39 is 12.4 Å². The highest BCUT2D eigenvalue weighted by Crippen LogP contribution is 2.22. The van der Waals surface area contributed by atoms with E-state index in [1.165, 1.54) is 0 Å². The molecule has 0 spiro atoms. The van der Waals surface area contributed by atoms with Crippen LogP contribution in [0.5, 0.6) is 5.75 Å². The van der Waals surface area contributed by atoms with E-state index in [2.05, 4.69) is 0 Å². The van der Waals surface area contributed by atoms with Gasteiger partial charge in [0.15, 0.2) is 0 Å². The minimum absolute atomic E-state index is 0.285. The highest BCUT2D eigenvalue weighted by molar-refractivity contribution is 6.73. The molecule has 0 atom stereocenters. The molecule has 1 nitrogen and oxygen atoms in total. The minimum Gasteiger partial charge on any atom is -0.506 e. The molecule has 0 aliphatic rings. The van der Waals surface area contributed by atoms with Gasteiger partial charge in [-0.3, -0.25) is 0 Å². The third-order valence-corrected chi connectivity index (χ3v) is 1.65. The average molecular weight is 195 g/mol. The maximum absolute atomic E-state index is 12.0. The van der Waals surface area contributed by atoms with E-state index in [1.54, 1.807) is 0 Å². The summed E-state index contributed by atoms with van der Waals surface area (Å²) in [4.78, 5) is 0. The first-order chi connectivity index (χ1) is 5.41. The van der Waals surface area contributed by atoms with Crippen LogP contribution in [0.3, 0.4) is 0 Å². The molecule has 1 aromatic carbocycles. The number of aromatic hydroxyl groups is 1. The monoisotopic (exact) mass is 195 g/mol. The predicted molar refractivity (Wildman–Crippen MR) is 41.8 cm³/mol. The highest BCUT2D eigenvalue weighted by atomic mass is 35.5. The van der Waals surface area contributed by atoms with Gasteiger partial charge in [-0.2, -0.15) is 0 Å². The Morgan fingerprint density at radius 1 is 1.25 bits per heavy atom. The second-order valence-corrected chi connectivity index (χ2v) is 2.69. The second kappa shape index (κ2) is 2.90. The van der Waals surface area contributed by atoms with Gasteiger partial charge < -0.3 is 18.1 Å². The summed E-state index contributed by atoms with van der Waals surface area (Å²) in [5.74, 6) is -0.347. The van der Waals surface area contributed by atoms with Crippen molar-refractivity contribution in [2.75, 3.05) is 0 Å². The van der Waals surface area contributed by atoms with Crippen LogP contribution in [-0.4, -0.2) is 12.1 Å². The summed E-state index contributed by atoms with van der Waals surface area (Å²) in [6, 6.07) is 2.42. The van der Waals surface area contributed by atoms with Crippen molar-refractivity contribution in [3.63, 3.8) is 0 Å². The molecule has 12 heavy (non-hydrogen) atoms. The van der Waals surface area contributed by atoms with Crippen LogP contribution in [0.2, 0.25) is 5.02 Å². The van der Waals surface area contributed by atoms with Crippen molar-refractivity contribution in [2.45, 2.75) is 0 Å². The van der Waals surface area contributed by atoms with Gasteiger partial charge in [0.25, 0.3) is 0 Å². The Labute approximate surface area is 71.8 Å². The Balaban J connectivity index is 3.14. The fraction of sp³-hybridized carbons (Fsp3) is 0. The first-order valence-corrected chi connectivity index (χ1v) is 3.47. The fourth-order valence-corrected chi connectivity index (χ4v) is 0.916. The Morgan fingerprint density at radius 2 is 1.83 bits per heavy atom. The quantitative estimate of drug-likeness (QED) is 0.680. The molecular formula is C6H4BClF3O-. The molecule has 0 fully saturated rings. The van der Waals surface area contributed by atoms with E-state index in [9.17, 15) is 12.9 Å². The Morgan fingerprint density at radius 3 is 2.25 bits per heavy atom. The summed E-state index contributed by atoms with van der Waals surface area (Å²) in [5, 5.41) is 8.53. The average Bonchev–Trinajstić information content (AvgIpc) is 1.92. The van der Waals surface area contributed by atoms with Crippen LogP contribution >= 0.6 is 11.6 Å². The van der Waals surface area contributed by atoms with Crippen LogP contribution < -0.4 is 5.46 Å². The molecule has 0 bridgehead atoms. The summed E-state index contributed by atoms with van der Waals surface area (Å²) >= 11 is 5.28. The maximum Gasteiger partial charge on any atom is 0.509 e. The summed E-state index contributed by atoms with van der Waals surface area (Å²) in [7, 11) is 0. The zero-order chi connectivity index (χ0) is 9.35. The lowest BCUT2D eigenvalue weighted by Crippen LogP contribution is -2.33. The normalized spacial score (nSPS) is 11.7. The molecule has 1 rings (SSSR count). The van der Waals surface area contributed by atoms with E-state index in [0.717, 1.165) is 12.1 Å². The van der Waals surface area contributed by atoms with Crippen LogP contribution in [0.15, 0.2) is 18.2 Å². The van der Waals surface area contributed by atoms with Crippen LogP contribution in [0.25, 0.3) is 0 Å². The van der Waals surface area contributed by atoms with E-state index in [0.29, 0.717) is 6.07 Å². The lowest BCUT2D eigenvalue weighted by Gasteiger charge is -2.14. The van der Waals surface area contributed by atoms with Gasteiger partial charge in [-0.1, -0.05) is 23.7 Å². The Bertz CT molecular complexity index is 299. The highest BCUT2D eigenvalue weighted by Gasteiger charge is 2.25. The third kappa shape index (κ3) is 1.85. The molecule has 6 heteroatoms. The van der Waals surface area contributed by atoms with Crippen molar-refractivity contribution in [1.82, 2.24) is 0 Å². The number of rotatable bonds is 1. The molecular weight excluding hydrogens is 191 g/mol. The van der Waals surface area contributed by atoms with Gasteiger partial charge in [0.05, 0.1) is 5.02 Å². The van der Waals surface area contributed by atoms with Crippen molar-refractivity contribution in [3.8, 4) is 5.75 Å². The van der Waals surface area contributed by atoms with Crippen molar-refractivity contribution < 1.29 is 18.1 Å². The molecule has 0 aliphatic carbocycles. The van der Waals surface area contributed by atoms with E-state index in [1.807, 2.05) is 0 Å². The maximum atomic E-state index is 12.0. The molecule has 0 aliphatic heterocycles. The van der Waals surface area contributed by atoms with Gasteiger partial charge in [0, 0.05) is 0 Å². The van der Waals surface area contributed by atoms with Gasteiger partial charge in [0.2, 0.25) is 0 Å². The van der Waals surface area contributed by atoms with Crippen molar-refractivity contribution in [3.05, 3.63) is 23.2 Å². The number of phenols is 1. The second-order valence-electron chi connectivity index (χ2n) is 2.29. The topological polar surface area (TPSA) is 20.2 Å². The van der Waals surface area contributed by atoms with Crippen LogP contribution in [0.4, 0.5) is 12.9 Å². The minimum atomic E-state index is -5.03. The van der Waals surface area contributed by atoms with Crippen molar-refractivity contribution >= 4 is 24.0 Å². The molecule has 0 radical (unpaired) electrons. The van der Waals surface area contributed by atoms with Gasteiger partial charge in [-0.15, -0.1) is 5.46 Å². The number of halogens is 4. The molecule has 0 saturated heterocycles. The molecule has 1 N–H and O–H groups in total. The predicted octanol–water partition coefficient (Wildman–Crippen LogP) is 2.10. The first kappa shape index (κ1) is 9.25. The Kier molecular flexibility index (Phi) is 2.23. The van der Waals surface area contributed by atoms with Crippen molar-refractivity contribution in [1.29, 1.82) is 0 Å². The van der Waals surface area contributed by atoms with Crippen LogP contribution in [-0.2, 0) is 0 Å². The standard InChI is InChI=1S/C6H4BClF3O/c8-5-3-4(7(9,10)11)1-2-6(5)12/h1-3,12H/q-1.